The van der Waals surface area contributed by atoms with Crippen molar-refractivity contribution in [1.29, 1.82) is 0 Å². The maximum Gasteiger partial charge on any atom is 0.145 e. The fourth-order valence-electron chi connectivity index (χ4n) is 1.88. The smallest absolute Gasteiger partial charge is 0.145 e. The van der Waals surface area contributed by atoms with E-state index in [9.17, 15) is 0 Å². The molecule has 0 radical (unpaired) electrons. The van der Waals surface area contributed by atoms with Crippen molar-refractivity contribution >= 4 is 0 Å². The highest BCUT2D eigenvalue weighted by Gasteiger charge is 2.10. The number of rotatable bonds is 5. The quantitative estimate of drug-likeness (QED) is 0.892. The van der Waals surface area contributed by atoms with Crippen LogP contribution in [0.5, 0.6) is 5.75 Å². The van der Waals surface area contributed by atoms with Gasteiger partial charge in [-0.15, -0.1) is 0 Å². The summed E-state index contributed by atoms with van der Waals surface area (Å²) in [7, 11) is 0. The summed E-state index contributed by atoms with van der Waals surface area (Å²) in [6.07, 6.45) is 0.785. The van der Waals surface area contributed by atoms with Gasteiger partial charge in [-0.1, -0.05) is 28.0 Å². The summed E-state index contributed by atoms with van der Waals surface area (Å²) in [5.41, 5.74) is 9.64. The second-order valence-corrected chi connectivity index (χ2v) is 4.88. The lowest BCUT2D eigenvalue weighted by Gasteiger charge is -2.13. The summed E-state index contributed by atoms with van der Waals surface area (Å²) >= 11 is 0. The van der Waals surface area contributed by atoms with Gasteiger partial charge in [-0.2, -0.15) is 0 Å². The first kappa shape index (κ1) is 13.5. The van der Waals surface area contributed by atoms with Gasteiger partial charge in [0.2, 0.25) is 0 Å². The highest BCUT2D eigenvalue weighted by atomic mass is 16.6. The van der Waals surface area contributed by atoms with Crippen LogP contribution < -0.4 is 10.5 Å². The van der Waals surface area contributed by atoms with Gasteiger partial charge >= 0.3 is 0 Å². The Balaban J connectivity index is 2.13. The van der Waals surface area contributed by atoms with Crippen LogP contribution in [0, 0.1) is 13.8 Å². The number of nitrogens with zero attached hydrogens (tertiary/aromatic N) is 2. The lowest BCUT2D eigenvalue weighted by atomic mass is 10.0. The minimum Gasteiger partial charge on any atom is -0.487 e. The lowest BCUT2D eigenvalue weighted by Crippen LogP contribution is -2.18. The minimum absolute atomic E-state index is 0.0969. The Morgan fingerprint density at radius 3 is 2.74 bits per heavy atom. The van der Waals surface area contributed by atoms with Crippen LogP contribution in [0.1, 0.15) is 29.4 Å². The van der Waals surface area contributed by atoms with Crippen molar-refractivity contribution in [3.63, 3.8) is 0 Å². The second kappa shape index (κ2) is 5.84. The van der Waals surface area contributed by atoms with Gasteiger partial charge in [0.25, 0.3) is 0 Å². The van der Waals surface area contributed by atoms with Crippen molar-refractivity contribution in [2.24, 2.45) is 5.73 Å². The molecule has 2 aromatic rings. The van der Waals surface area contributed by atoms with E-state index < -0.39 is 0 Å². The molecule has 1 aromatic heterocycles. The molecule has 1 atom stereocenters. The summed E-state index contributed by atoms with van der Waals surface area (Å²) < 4.78 is 10.4. The third-order valence-corrected chi connectivity index (χ3v) is 2.87. The Hall–Kier alpha value is -1.88. The van der Waals surface area contributed by atoms with Crippen molar-refractivity contribution in [2.45, 2.75) is 39.8 Å². The number of hydrogen-bond acceptors (Lipinski definition) is 5. The fraction of sp³-hybridized carbons (Fsp3) is 0.429. The van der Waals surface area contributed by atoms with E-state index in [0.717, 1.165) is 23.4 Å². The summed E-state index contributed by atoms with van der Waals surface area (Å²) in [6.45, 7) is 6.23. The van der Waals surface area contributed by atoms with Gasteiger partial charge < -0.3 is 10.5 Å². The number of nitrogens with two attached hydrogens (primary N) is 1. The van der Waals surface area contributed by atoms with Gasteiger partial charge in [0.1, 0.15) is 23.7 Å². The first-order valence-electron chi connectivity index (χ1n) is 6.32. The van der Waals surface area contributed by atoms with E-state index in [1.807, 2.05) is 26.0 Å². The number of ether oxygens (including phenoxy) is 1. The van der Waals surface area contributed by atoms with E-state index in [2.05, 4.69) is 27.9 Å². The van der Waals surface area contributed by atoms with Crippen LogP contribution in [0.3, 0.4) is 0 Å². The van der Waals surface area contributed by atoms with Crippen LogP contribution >= 0.6 is 0 Å². The first-order chi connectivity index (χ1) is 9.06. The van der Waals surface area contributed by atoms with Gasteiger partial charge in [0.15, 0.2) is 0 Å². The third-order valence-electron chi connectivity index (χ3n) is 2.87. The lowest BCUT2D eigenvalue weighted by molar-refractivity contribution is 0.268. The second-order valence-electron chi connectivity index (χ2n) is 4.88. The molecule has 0 saturated carbocycles. The Kier molecular flexibility index (Phi) is 4.16. The maximum atomic E-state index is 5.87. The molecule has 102 valence electrons. The highest BCUT2D eigenvalue weighted by molar-refractivity contribution is 5.37. The van der Waals surface area contributed by atoms with E-state index in [0.29, 0.717) is 12.3 Å². The fourth-order valence-corrected chi connectivity index (χ4v) is 1.88. The van der Waals surface area contributed by atoms with Crippen LogP contribution in [-0.2, 0) is 13.0 Å². The first-order valence-corrected chi connectivity index (χ1v) is 6.32. The molecule has 2 N–H and O–H groups in total. The SMILES string of the molecule is Cc1ccc(OCc2nonc2C)c(CC(C)N)c1. The summed E-state index contributed by atoms with van der Waals surface area (Å²) in [5.74, 6) is 0.838. The van der Waals surface area contributed by atoms with Gasteiger partial charge in [-0.25, -0.2) is 4.63 Å². The largest absolute Gasteiger partial charge is 0.487 e. The molecular formula is C14H19N3O2. The molecule has 0 bridgehead atoms. The molecule has 0 saturated heterocycles. The zero-order valence-electron chi connectivity index (χ0n) is 11.5. The molecule has 2 rings (SSSR count). The molecule has 0 fully saturated rings. The van der Waals surface area contributed by atoms with Gasteiger partial charge in [0, 0.05) is 6.04 Å². The van der Waals surface area contributed by atoms with Crippen LogP contribution in [0.15, 0.2) is 22.8 Å². The molecule has 0 aliphatic rings. The topological polar surface area (TPSA) is 74.2 Å². The molecule has 19 heavy (non-hydrogen) atoms. The average molecular weight is 261 g/mol. The maximum absolute atomic E-state index is 5.87. The highest BCUT2D eigenvalue weighted by Crippen LogP contribution is 2.22. The molecule has 1 aromatic carbocycles. The van der Waals surface area contributed by atoms with Crippen molar-refractivity contribution in [1.82, 2.24) is 10.3 Å². The van der Waals surface area contributed by atoms with Crippen molar-refractivity contribution in [2.75, 3.05) is 0 Å². The molecule has 0 aliphatic carbocycles. The Morgan fingerprint density at radius 1 is 1.32 bits per heavy atom. The Morgan fingerprint density at radius 2 is 2.11 bits per heavy atom. The molecule has 0 spiro atoms. The van der Waals surface area contributed by atoms with Gasteiger partial charge in [0.05, 0.1) is 0 Å². The van der Waals surface area contributed by atoms with Crippen molar-refractivity contribution in [3.05, 3.63) is 40.7 Å². The standard InChI is InChI=1S/C14H19N3O2/c1-9-4-5-14(12(6-9)7-10(2)15)18-8-13-11(3)16-19-17-13/h4-6,10H,7-8,15H2,1-3H3. The van der Waals surface area contributed by atoms with Crippen molar-refractivity contribution < 1.29 is 9.37 Å². The summed E-state index contributed by atoms with van der Waals surface area (Å²) in [6, 6.07) is 6.19. The Bertz CT molecular complexity index is 549. The molecule has 1 heterocycles. The summed E-state index contributed by atoms with van der Waals surface area (Å²) in [5, 5.41) is 7.53. The molecule has 0 amide bonds. The number of aromatic nitrogens is 2. The normalized spacial score (nSPS) is 12.4. The Labute approximate surface area is 112 Å². The number of hydrogen-bond donors (Lipinski definition) is 1. The third kappa shape index (κ3) is 3.54. The number of benzene rings is 1. The minimum atomic E-state index is 0.0969. The number of aryl methyl sites for hydroxylation is 2. The zero-order valence-corrected chi connectivity index (χ0v) is 11.5. The van der Waals surface area contributed by atoms with E-state index >= 15 is 0 Å². The summed E-state index contributed by atoms with van der Waals surface area (Å²) in [4.78, 5) is 0. The van der Waals surface area contributed by atoms with Crippen LogP contribution in [-0.4, -0.2) is 16.4 Å². The van der Waals surface area contributed by atoms with E-state index in [-0.39, 0.29) is 6.04 Å². The van der Waals surface area contributed by atoms with Crippen LogP contribution in [0.2, 0.25) is 0 Å². The van der Waals surface area contributed by atoms with Gasteiger partial charge in [-0.3, -0.25) is 0 Å². The van der Waals surface area contributed by atoms with Gasteiger partial charge in [-0.05, 0) is 38.8 Å². The molecule has 1 unspecified atom stereocenters. The predicted molar refractivity (Wildman–Crippen MR) is 71.9 cm³/mol. The molecular weight excluding hydrogens is 242 g/mol. The van der Waals surface area contributed by atoms with Crippen LogP contribution in [0.25, 0.3) is 0 Å². The monoisotopic (exact) mass is 261 g/mol. The average Bonchev–Trinajstić information content (AvgIpc) is 2.73. The van der Waals surface area contributed by atoms with E-state index in [4.69, 9.17) is 10.5 Å². The molecule has 5 nitrogen and oxygen atoms in total. The van der Waals surface area contributed by atoms with Crippen molar-refractivity contribution in [3.8, 4) is 5.75 Å². The van der Waals surface area contributed by atoms with E-state index in [1.54, 1.807) is 0 Å². The van der Waals surface area contributed by atoms with Crippen LogP contribution in [0.4, 0.5) is 0 Å². The van der Waals surface area contributed by atoms with E-state index in [1.165, 1.54) is 5.56 Å². The molecule has 5 heteroatoms. The molecule has 0 aliphatic heterocycles. The predicted octanol–water partition coefficient (Wildman–Crippen LogP) is 2.16. The zero-order chi connectivity index (χ0) is 13.8.